The topological polar surface area (TPSA) is 59.4 Å². The zero-order chi connectivity index (χ0) is 15.4. The Kier molecular flexibility index (Phi) is 5.10. The SMILES string of the molecule is Cc1cnn(CC2CCCN2CC(=O)NC2CCOCC2)c1. The Morgan fingerprint density at radius 1 is 1.41 bits per heavy atom. The average molecular weight is 306 g/mol. The molecule has 2 aliphatic heterocycles. The maximum absolute atomic E-state index is 12.3. The number of nitrogens with zero attached hydrogens (tertiary/aromatic N) is 3. The Labute approximate surface area is 131 Å². The summed E-state index contributed by atoms with van der Waals surface area (Å²) in [4.78, 5) is 14.6. The number of likely N-dealkylation sites (tertiary alicyclic amines) is 1. The Bertz CT molecular complexity index is 496. The van der Waals surface area contributed by atoms with Gasteiger partial charge in [0.1, 0.15) is 0 Å². The van der Waals surface area contributed by atoms with Gasteiger partial charge < -0.3 is 10.1 Å². The second-order valence-corrected chi connectivity index (χ2v) is 6.46. The van der Waals surface area contributed by atoms with Crippen molar-refractivity contribution in [1.82, 2.24) is 20.0 Å². The van der Waals surface area contributed by atoms with E-state index in [2.05, 4.69) is 28.4 Å². The summed E-state index contributed by atoms with van der Waals surface area (Å²) < 4.78 is 7.32. The highest BCUT2D eigenvalue weighted by molar-refractivity contribution is 5.78. The zero-order valence-corrected chi connectivity index (χ0v) is 13.3. The van der Waals surface area contributed by atoms with Crippen LogP contribution >= 0.6 is 0 Å². The molecule has 0 aliphatic carbocycles. The lowest BCUT2D eigenvalue weighted by atomic mass is 10.1. The summed E-state index contributed by atoms with van der Waals surface area (Å²) in [5.41, 5.74) is 1.18. The first-order chi connectivity index (χ1) is 10.7. The highest BCUT2D eigenvalue weighted by Crippen LogP contribution is 2.18. The van der Waals surface area contributed by atoms with Gasteiger partial charge in [0.2, 0.25) is 5.91 Å². The van der Waals surface area contributed by atoms with E-state index in [1.54, 1.807) is 0 Å². The monoisotopic (exact) mass is 306 g/mol. The molecule has 0 bridgehead atoms. The van der Waals surface area contributed by atoms with Crippen LogP contribution in [0, 0.1) is 6.92 Å². The van der Waals surface area contributed by atoms with Crippen LogP contribution in [0.5, 0.6) is 0 Å². The molecule has 122 valence electrons. The van der Waals surface area contributed by atoms with E-state index in [0.29, 0.717) is 12.6 Å². The fourth-order valence-electron chi connectivity index (χ4n) is 3.39. The van der Waals surface area contributed by atoms with Crippen molar-refractivity contribution < 1.29 is 9.53 Å². The average Bonchev–Trinajstić information content (AvgIpc) is 3.10. The maximum Gasteiger partial charge on any atom is 0.234 e. The van der Waals surface area contributed by atoms with Gasteiger partial charge in [-0.25, -0.2) is 0 Å². The van der Waals surface area contributed by atoms with Gasteiger partial charge in [-0.3, -0.25) is 14.4 Å². The Hall–Kier alpha value is -1.40. The number of aryl methyl sites for hydroxylation is 1. The van der Waals surface area contributed by atoms with Gasteiger partial charge in [0.15, 0.2) is 0 Å². The number of hydrogen-bond acceptors (Lipinski definition) is 4. The smallest absolute Gasteiger partial charge is 0.234 e. The highest BCUT2D eigenvalue weighted by Gasteiger charge is 2.27. The Morgan fingerprint density at radius 2 is 2.23 bits per heavy atom. The third kappa shape index (κ3) is 4.08. The number of aromatic nitrogens is 2. The predicted molar refractivity (Wildman–Crippen MR) is 83.5 cm³/mol. The number of amides is 1. The fraction of sp³-hybridized carbons (Fsp3) is 0.750. The number of nitrogens with one attached hydrogen (secondary N) is 1. The van der Waals surface area contributed by atoms with E-state index >= 15 is 0 Å². The summed E-state index contributed by atoms with van der Waals surface area (Å²) in [6, 6.07) is 0.704. The van der Waals surface area contributed by atoms with E-state index in [1.807, 2.05) is 10.9 Å². The van der Waals surface area contributed by atoms with E-state index in [0.717, 1.165) is 52.0 Å². The van der Waals surface area contributed by atoms with Gasteiger partial charge in [-0.1, -0.05) is 0 Å². The van der Waals surface area contributed by atoms with Gasteiger partial charge in [-0.2, -0.15) is 5.10 Å². The number of ether oxygens (including phenoxy) is 1. The highest BCUT2D eigenvalue weighted by atomic mass is 16.5. The molecule has 1 amide bonds. The van der Waals surface area contributed by atoms with Crippen molar-refractivity contribution in [3.8, 4) is 0 Å². The molecule has 1 aromatic heterocycles. The molecule has 1 N–H and O–H groups in total. The lowest BCUT2D eigenvalue weighted by Crippen LogP contribution is -2.46. The minimum absolute atomic E-state index is 0.149. The molecular weight excluding hydrogens is 280 g/mol. The quantitative estimate of drug-likeness (QED) is 0.880. The van der Waals surface area contributed by atoms with Crippen LogP contribution in [0.3, 0.4) is 0 Å². The van der Waals surface area contributed by atoms with Crippen LogP contribution in [0.1, 0.15) is 31.2 Å². The third-order valence-corrected chi connectivity index (χ3v) is 4.59. The first-order valence-electron chi connectivity index (χ1n) is 8.31. The summed E-state index contributed by atoms with van der Waals surface area (Å²) in [5, 5.41) is 7.51. The summed E-state index contributed by atoms with van der Waals surface area (Å²) in [6.45, 7) is 5.95. The third-order valence-electron chi connectivity index (χ3n) is 4.59. The van der Waals surface area contributed by atoms with Gasteiger partial charge >= 0.3 is 0 Å². The van der Waals surface area contributed by atoms with Crippen LogP contribution in [0.4, 0.5) is 0 Å². The molecule has 22 heavy (non-hydrogen) atoms. The molecule has 2 fully saturated rings. The summed E-state index contributed by atoms with van der Waals surface area (Å²) in [7, 11) is 0. The second-order valence-electron chi connectivity index (χ2n) is 6.46. The molecule has 0 aromatic carbocycles. The number of rotatable bonds is 5. The van der Waals surface area contributed by atoms with Crippen LogP contribution in [0.25, 0.3) is 0 Å². The lowest BCUT2D eigenvalue weighted by Gasteiger charge is -2.27. The molecule has 3 rings (SSSR count). The summed E-state index contributed by atoms with van der Waals surface area (Å²) in [5.74, 6) is 0.149. The molecule has 2 aliphatic rings. The van der Waals surface area contributed by atoms with Crippen molar-refractivity contribution in [2.24, 2.45) is 0 Å². The number of hydrogen-bond donors (Lipinski definition) is 1. The minimum Gasteiger partial charge on any atom is -0.381 e. The molecule has 1 atom stereocenters. The van der Waals surface area contributed by atoms with E-state index in [9.17, 15) is 4.79 Å². The van der Waals surface area contributed by atoms with Gasteiger partial charge in [-0.05, 0) is 44.7 Å². The normalized spacial score (nSPS) is 23.8. The molecule has 0 radical (unpaired) electrons. The van der Waals surface area contributed by atoms with Crippen LogP contribution in [0.15, 0.2) is 12.4 Å². The maximum atomic E-state index is 12.3. The van der Waals surface area contributed by atoms with Crippen molar-refractivity contribution >= 4 is 5.91 Å². The fourth-order valence-corrected chi connectivity index (χ4v) is 3.39. The molecule has 2 saturated heterocycles. The van der Waals surface area contributed by atoms with Crippen LogP contribution in [-0.4, -0.2) is 59.0 Å². The number of carbonyl (C=O) groups is 1. The summed E-state index contributed by atoms with van der Waals surface area (Å²) in [6.07, 6.45) is 8.12. The molecule has 1 unspecified atom stereocenters. The van der Waals surface area contributed by atoms with E-state index in [4.69, 9.17) is 4.74 Å². The van der Waals surface area contributed by atoms with E-state index in [1.165, 1.54) is 5.56 Å². The molecule has 3 heterocycles. The minimum atomic E-state index is 0.149. The number of carbonyl (C=O) groups excluding carboxylic acids is 1. The lowest BCUT2D eigenvalue weighted by molar-refractivity contribution is -0.123. The van der Waals surface area contributed by atoms with Crippen molar-refractivity contribution in [3.05, 3.63) is 18.0 Å². The molecular formula is C16H26N4O2. The molecule has 6 nitrogen and oxygen atoms in total. The predicted octanol–water partition coefficient (Wildman–Crippen LogP) is 0.951. The first-order valence-corrected chi connectivity index (χ1v) is 8.31. The van der Waals surface area contributed by atoms with Crippen molar-refractivity contribution in [2.75, 3.05) is 26.3 Å². The molecule has 1 aromatic rings. The standard InChI is InChI=1S/C16H26N4O2/c1-13-9-17-20(10-13)11-15-3-2-6-19(15)12-16(21)18-14-4-7-22-8-5-14/h9-10,14-15H,2-8,11-12H2,1H3,(H,18,21). The van der Waals surface area contributed by atoms with Gasteiger partial charge in [-0.15, -0.1) is 0 Å². The van der Waals surface area contributed by atoms with Crippen molar-refractivity contribution in [3.63, 3.8) is 0 Å². The summed E-state index contributed by atoms with van der Waals surface area (Å²) >= 11 is 0. The van der Waals surface area contributed by atoms with Crippen molar-refractivity contribution in [1.29, 1.82) is 0 Å². The van der Waals surface area contributed by atoms with Crippen LogP contribution in [-0.2, 0) is 16.1 Å². The molecule has 0 saturated carbocycles. The second kappa shape index (κ2) is 7.24. The molecule has 0 spiro atoms. The largest absolute Gasteiger partial charge is 0.381 e. The van der Waals surface area contributed by atoms with Gasteiger partial charge in [0, 0.05) is 31.5 Å². The van der Waals surface area contributed by atoms with E-state index in [-0.39, 0.29) is 11.9 Å². The Balaban J connectivity index is 1.48. The zero-order valence-electron chi connectivity index (χ0n) is 13.3. The first kappa shape index (κ1) is 15.5. The van der Waals surface area contributed by atoms with Crippen LogP contribution < -0.4 is 5.32 Å². The van der Waals surface area contributed by atoms with Crippen LogP contribution in [0.2, 0.25) is 0 Å². The van der Waals surface area contributed by atoms with Gasteiger partial charge in [0.25, 0.3) is 0 Å². The molecule has 6 heteroatoms. The van der Waals surface area contributed by atoms with Gasteiger partial charge in [0.05, 0.1) is 19.3 Å². The van der Waals surface area contributed by atoms with Crippen molar-refractivity contribution in [2.45, 2.75) is 51.2 Å². The van der Waals surface area contributed by atoms with E-state index < -0.39 is 0 Å². The Morgan fingerprint density at radius 3 is 2.95 bits per heavy atom.